The van der Waals surface area contributed by atoms with Gasteiger partial charge < -0.3 is 45.4 Å². The van der Waals surface area contributed by atoms with Crippen molar-refractivity contribution in [3.05, 3.63) is 83.6 Å². The molecule has 3 heterocycles. The summed E-state index contributed by atoms with van der Waals surface area (Å²) in [5.41, 5.74) is 4.13. The highest BCUT2D eigenvalue weighted by atomic mass is 19.1. The Bertz CT molecular complexity index is 1930. The summed E-state index contributed by atoms with van der Waals surface area (Å²) in [6.45, 7) is 9.97. The zero-order valence-corrected chi connectivity index (χ0v) is 37.3. The van der Waals surface area contributed by atoms with Crippen molar-refractivity contribution in [3.63, 3.8) is 0 Å². The van der Waals surface area contributed by atoms with Crippen LogP contribution in [0.2, 0.25) is 0 Å². The van der Waals surface area contributed by atoms with Gasteiger partial charge in [-0.2, -0.15) is 0 Å². The average Bonchev–Trinajstić information content (AvgIpc) is 4.06. The first-order valence-electron chi connectivity index (χ1n) is 22.1. The van der Waals surface area contributed by atoms with E-state index in [1.165, 1.54) is 14.2 Å². The average molecular weight is 872 g/mol. The van der Waals surface area contributed by atoms with Crippen molar-refractivity contribution >= 4 is 47.2 Å². The number of benzene rings is 2. The lowest BCUT2D eigenvalue weighted by molar-refractivity contribution is -0.139. The predicted molar refractivity (Wildman–Crippen MR) is 236 cm³/mol. The standard InChI is InChI=1S/C47H62FN7O8/c1-27(2)40(51-46(60)62-6)44(58)53-24-8-10-38(53)42(56)49-32-16-12-30(13-17-32)36-22-23-37(55(36)34-20-21-35(48)29(5)26-34)31-14-18-33(19-15-31)50-43(57)39-11-9-25-54(39)45(59)41(28(3)4)52-47(61)63-7/h12-21,26-29,35-41H,8-11,22-25H2,1-7H3,(H,49,56)(H,50,57)(H,51,60)(H,52,61)/t29?,35?,36-,37+,38-,39-,40-,41-/m0/s1. The number of hydrogen-bond acceptors (Lipinski definition) is 9. The molecule has 16 heteroatoms. The van der Waals surface area contributed by atoms with Crippen LogP contribution in [0.15, 0.2) is 72.5 Å². The van der Waals surface area contributed by atoms with Gasteiger partial charge in [0.05, 0.1) is 26.3 Å². The van der Waals surface area contributed by atoms with Crippen molar-refractivity contribution in [1.82, 2.24) is 25.3 Å². The summed E-state index contributed by atoms with van der Waals surface area (Å²) in [5, 5.41) is 11.2. The van der Waals surface area contributed by atoms with Crippen LogP contribution in [0.5, 0.6) is 0 Å². The van der Waals surface area contributed by atoms with Crippen LogP contribution in [0.1, 0.15) is 96.4 Å². The Kier molecular flexibility index (Phi) is 15.2. The number of anilines is 2. The molecule has 4 N–H and O–H groups in total. The Morgan fingerprint density at radius 1 is 0.651 bits per heavy atom. The maximum Gasteiger partial charge on any atom is 0.407 e. The molecule has 6 rings (SSSR count). The number of rotatable bonds is 13. The van der Waals surface area contributed by atoms with E-state index < -0.39 is 42.5 Å². The molecule has 63 heavy (non-hydrogen) atoms. The van der Waals surface area contributed by atoms with Gasteiger partial charge in [-0.1, -0.05) is 65.0 Å². The molecule has 3 fully saturated rings. The fourth-order valence-corrected chi connectivity index (χ4v) is 9.17. The van der Waals surface area contributed by atoms with E-state index in [0.29, 0.717) is 50.1 Å². The number of alkyl carbamates (subject to hydrolysis) is 2. The Morgan fingerprint density at radius 2 is 1.06 bits per heavy atom. The molecule has 15 nitrogen and oxygen atoms in total. The monoisotopic (exact) mass is 871 g/mol. The topological polar surface area (TPSA) is 179 Å². The molecule has 6 amide bonds. The minimum absolute atomic E-state index is 0.0640. The molecule has 0 radical (unpaired) electrons. The molecule has 4 aliphatic rings. The molecule has 1 aliphatic carbocycles. The normalized spacial score (nSPS) is 24.2. The van der Waals surface area contributed by atoms with Gasteiger partial charge in [-0.25, -0.2) is 14.0 Å². The lowest BCUT2D eigenvalue weighted by atomic mass is 9.96. The molecule has 2 aromatic rings. The quantitative estimate of drug-likeness (QED) is 0.172. The largest absolute Gasteiger partial charge is 0.453 e. The number of carbonyl (C=O) groups excluding carboxylic acids is 6. The third-order valence-electron chi connectivity index (χ3n) is 12.7. The molecule has 0 spiro atoms. The maximum absolute atomic E-state index is 14.7. The first kappa shape index (κ1) is 46.6. The maximum atomic E-state index is 14.7. The molecule has 2 aromatic carbocycles. The number of methoxy groups -OCH3 is 2. The Hall–Kier alpha value is -5.93. The number of allylic oxidation sites excluding steroid dienone is 3. The van der Waals surface area contributed by atoms with Gasteiger partial charge in [-0.3, -0.25) is 19.2 Å². The van der Waals surface area contributed by atoms with Gasteiger partial charge in [0.25, 0.3) is 0 Å². The second kappa shape index (κ2) is 20.5. The van der Waals surface area contributed by atoms with Crippen LogP contribution >= 0.6 is 0 Å². The first-order chi connectivity index (χ1) is 30.1. The second-order valence-corrected chi connectivity index (χ2v) is 17.6. The summed E-state index contributed by atoms with van der Waals surface area (Å²) in [7, 11) is 2.48. The van der Waals surface area contributed by atoms with E-state index in [-0.39, 0.29) is 53.5 Å². The van der Waals surface area contributed by atoms with E-state index in [4.69, 9.17) is 9.47 Å². The van der Waals surface area contributed by atoms with Gasteiger partial charge >= 0.3 is 12.2 Å². The fraction of sp³-hybridized carbons (Fsp3) is 0.532. The first-order valence-corrected chi connectivity index (χ1v) is 22.1. The summed E-state index contributed by atoms with van der Waals surface area (Å²) in [5.74, 6) is -1.99. The Balaban J connectivity index is 1.14. The van der Waals surface area contributed by atoms with Crippen LogP contribution in [0.25, 0.3) is 0 Å². The molecule has 2 unspecified atom stereocenters. The SMILES string of the molecule is COC(=O)N[C@H](C(=O)N1CCC[C@H]1C(=O)Nc1ccc([C@H]2CC[C@@H](c3ccc(NC(=O)[C@@H]4CCCN4C(=O)[C@@H](NC(=O)OC)C(C)C)cc3)N2C2=CC(C)C(F)C=C2)cc1)C(C)C. The van der Waals surface area contributed by atoms with Crippen molar-refractivity contribution in [2.24, 2.45) is 17.8 Å². The lowest BCUT2D eigenvalue weighted by Gasteiger charge is -2.36. The van der Waals surface area contributed by atoms with E-state index in [1.807, 2.05) is 95.3 Å². The number of amides is 6. The van der Waals surface area contributed by atoms with Crippen LogP contribution in [-0.4, -0.2) is 108 Å². The molecule has 0 bridgehead atoms. The number of hydrogen-bond donors (Lipinski definition) is 4. The van der Waals surface area contributed by atoms with E-state index in [9.17, 15) is 33.2 Å². The van der Waals surface area contributed by atoms with Gasteiger partial charge in [0.15, 0.2) is 0 Å². The van der Waals surface area contributed by atoms with E-state index >= 15 is 0 Å². The second-order valence-electron chi connectivity index (χ2n) is 17.6. The highest BCUT2D eigenvalue weighted by molar-refractivity contribution is 5.99. The van der Waals surface area contributed by atoms with E-state index in [0.717, 1.165) is 29.7 Å². The highest BCUT2D eigenvalue weighted by Gasteiger charge is 2.41. The number of nitrogens with one attached hydrogen (secondary N) is 4. The molecule has 340 valence electrons. The molecule has 3 saturated heterocycles. The molecule has 0 aromatic heterocycles. The summed E-state index contributed by atoms with van der Waals surface area (Å²) >= 11 is 0. The number of carbonyl (C=O) groups is 6. The Labute approximate surface area is 369 Å². The zero-order valence-electron chi connectivity index (χ0n) is 37.3. The van der Waals surface area contributed by atoms with Crippen LogP contribution < -0.4 is 21.3 Å². The summed E-state index contributed by atoms with van der Waals surface area (Å²) in [6, 6.07) is 12.2. The lowest BCUT2D eigenvalue weighted by Crippen LogP contribution is -2.54. The molecular formula is C47H62FN7O8. The molecule has 3 aliphatic heterocycles. The summed E-state index contributed by atoms with van der Waals surface area (Å²) in [4.78, 5) is 83.6. The number of ether oxygens (including phenoxy) is 2. The highest BCUT2D eigenvalue weighted by Crippen LogP contribution is 2.48. The third-order valence-corrected chi connectivity index (χ3v) is 12.7. The summed E-state index contributed by atoms with van der Waals surface area (Å²) < 4.78 is 24.2. The van der Waals surface area contributed by atoms with E-state index in [2.05, 4.69) is 26.2 Å². The fourth-order valence-electron chi connectivity index (χ4n) is 9.17. The van der Waals surface area contributed by atoms with Gasteiger partial charge in [-0.15, -0.1) is 0 Å². The van der Waals surface area contributed by atoms with Crippen LogP contribution in [0, 0.1) is 17.8 Å². The van der Waals surface area contributed by atoms with Gasteiger partial charge in [0.2, 0.25) is 23.6 Å². The Morgan fingerprint density at radius 3 is 1.43 bits per heavy atom. The number of halogens is 1. The zero-order chi connectivity index (χ0) is 45.5. The molecule has 0 saturated carbocycles. The predicted octanol–water partition coefficient (Wildman–Crippen LogP) is 6.61. The smallest absolute Gasteiger partial charge is 0.407 e. The van der Waals surface area contributed by atoms with Crippen LogP contribution in [0.3, 0.4) is 0 Å². The minimum Gasteiger partial charge on any atom is -0.453 e. The summed E-state index contributed by atoms with van der Waals surface area (Å²) in [6.07, 6.45) is 6.84. The van der Waals surface area contributed by atoms with Crippen molar-refractivity contribution in [3.8, 4) is 0 Å². The van der Waals surface area contributed by atoms with Gasteiger partial charge in [0, 0.05) is 36.1 Å². The minimum atomic E-state index is -1.09. The number of nitrogens with zero attached hydrogens (tertiary/aromatic N) is 3. The van der Waals surface area contributed by atoms with Gasteiger partial charge in [-0.05, 0) is 97.9 Å². The third kappa shape index (κ3) is 10.6. The van der Waals surface area contributed by atoms with Crippen molar-refractivity contribution in [1.29, 1.82) is 0 Å². The molecule has 8 atom stereocenters. The molecular weight excluding hydrogens is 810 g/mol. The van der Waals surface area contributed by atoms with Crippen molar-refractivity contribution in [2.45, 2.75) is 116 Å². The van der Waals surface area contributed by atoms with E-state index in [1.54, 1.807) is 15.9 Å². The van der Waals surface area contributed by atoms with Crippen molar-refractivity contribution < 1.29 is 42.6 Å². The van der Waals surface area contributed by atoms with Crippen LogP contribution in [0.4, 0.5) is 25.4 Å². The van der Waals surface area contributed by atoms with Gasteiger partial charge in [0.1, 0.15) is 30.3 Å². The van der Waals surface area contributed by atoms with Crippen LogP contribution in [-0.2, 0) is 28.7 Å². The number of alkyl halides is 1. The number of likely N-dealkylation sites (tertiary alicyclic amines) is 3. The van der Waals surface area contributed by atoms with Crippen molar-refractivity contribution in [2.75, 3.05) is 37.9 Å².